The quantitative estimate of drug-likeness (QED) is 0.576. The molecule has 5 heteroatoms. The first-order chi connectivity index (χ1) is 14.7. The van der Waals surface area contributed by atoms with E-state index in [4.69, 9.17) is 9.47 Å². The van der Waals surface area contributed by atoms with Gasteiger partial charge in [0.25, 0.3) is 5.91 Å². The van der Waals surface area contributed by atoms with Gasteiger partial charge >= 0.3 is 0 Å². The molecule has 0 fully saturated rings. The van der Waals surface area contributed by atoms with E-state index in [9.17, 15) is 9.59 Å². The molecule has 0 saturated heterocycles. The van der Waals surface area contributed by atoms with Gasteiger partial charge < -0.3 is 14.4 Å². The molecule has 3 aromatic rings. The Kier molecular flexibility index (Phi) is 5.80. The molecule has 0 aliphatic carbocycles. The van der Waals surface area contributed by atoms with Crippen LogP contribution >= 0.6 is 0 Å². The van der Waals surface area contributed by atoms with Gasteiger partial charge in [0.1, 0.15) is 13.2 Å². The molecule has 0 bridgehead atoms. The van der Waals surface area contributed by atoms with E-state index >= 15 is 0 Å². The summed E-state index contributed by atoms with van der Waals surface area (Å²) in [6.07, 6.45) is 0. The van der Waals surface area contributed by atoms with Crippen LogP contribution in [0.2, 0.25) is 0 Å². The monoisotopic (exact) mass is 401 g/mol. The summed E-state index contributed by atoms with van der Waals surface area (Å²) in [6.45, 7) is 3.79. The van der Waals surface area contributed by atoms with Gasteiger partial charge in [-0.2, -0.15) is 0 Å². The molecule has 0 N–H and O–H groups in total. The number of benzene rings is 3. The number of ether oxygens (including phenoxy) is 2. The van der Waals surface area contributed by atoms with Crippen molar-refractivity contribution < 1.29 is 19.1 Å². The number of ketones is 1. The summed E-state index contributed by atoms with van der Waals surface area (Å²) < 4.78 is 11.4. The second-order valence-electron chi connectivity index (χ2n) is 7.00. The average molecular weight is 401 g/mol. The van der Waals surface area contributed by atoms with Gasteiger partial charge in [-0.05, 0) is 19.1 Å². The Morgan fingerprint density at radius 1 is 0.833 bits per heavy atom. The van der Waals surface area contributed by atoms with Crippen molar-refractivity contribution in [2.45, 2.75) is 13.5 Å². The lowest BCUT2D eigenvalue weighted by atomic mass is 9.97. The Morgan fingerprint density at radius 2 is 1.53 bits per heavy atom. The van der Waals surface area contributed by atoms with Crippen molar-refractivity contribution in [2.24, 2.45) is 0 Å². The Bertz CT molecular complexity index is 1060. The molecule has 0 saturated carbocycles. The molecular formula is C25H23NO4. The molecule has 0 unspecified atom stereocenters. The average Bonchev–Trinajstić information content (AvgIpc) is 2.82. The van der Waals surface area contributed by atoms with Gasteiger partial charge in [0.15, 0.2) is 17.3 Å². The van der Waals surface area contributed by atoms with Crippen LogP contribution in [0.5, 0.6) is 11.5 Å². The zero-order chi connectivity index (χ0) is 20.9. The molecule has 1 aliphatic rings. The van der Waals surface area contributed by atoms with Gasteiger partial charge in [0.2, 0.25) is 0 Å². The molecule has 30 heavy (non-hydrogen) atoms. The number of carbonyl (C=O) groups is 2. The van der Waals surface area contributed by atoms with E-state index in [1.807, 2.05) is 43.3 Å². The summed E-state index contributed by atoms with van der Waals surface area (Å²) in [6, 6.07) is 21.7. The zero-order valence-electron chi connectivity index (χ0n) is 16.8. The number of amides is 1. The molecule has 1 aliphatic heterocycles. The van der Waals surface area contributed by atoms with Gasteiger partial charge in [-0.25, -0.2) is 0 Å². The van der Waals surface area contributed by atoms with Crippen molar-refractivity contribution in [3.05, 3.63) is 95.1 Å². The maximum absolute atomic E-state index is 13.4. The van der Waals surface area contributed by atoms with Crippen LogP contribution in [-0.4, -0.2) is 36.3 Å². The summed E-state index contributed by atoms with van der Waals surface area (Å²) in [7, 11) is 0. The lowest BCUT2D eigenvalue weighted by Crippen LogP contribution is -2.32. The third-order valence-electron chi connectivity index (χ3n) is 5.12. The van der Waals surface area contributed by atoms with Crippen molar-refractivity contribution in [2.75, 3.05) is 19.8 Å². The van der Waals surface area contributed by atoms with Crippen LogP contribution in [0.25, 0.3) is 0 Å². The smallest absolute Gasteiger partial charge is 0.254 e. The van der Waals surface area contributed by atoms with Crippen LogP contribution in [0.3, 0.4) is 0 Å². The zero-order valence-corrected chi connectivity index (χ0v) is 16.8. The number of hydrogen-bond acceptors (Lipinski definition) is 4. The highest BCUT2D eigenvalue weighted by Crippen LogP contribution is 2.34. The second kappa shape index (κ2) is 8.82. The number of rotatable bonds is 6. The number of hydrogen-bond donors (Lipinski definition) is 0. The number of fused-ring (bicyclic) bond motifs is 1. The van der Waals surface area contributed by atoms with Crippen LogP contribution in [0.4, 0.5) is 0 Å². The molecule has 1 amide bonds. The van der Waals surface area contributed by atoms with E-state index < -0.39 is 0 Å². The highest BCUT2D eigenvalue weighted by Gasteiger charge is 2.24. The molecular weight excluding hydrogens is 378 g/mol. The van der Waals surface area contributed by atoms with E-state index in [0.29, 0.717) is 54.5 Å². The van der Waals surface area contributed by atoms with Crippen LogP contribution in [0.1, 0.15) is 38.8 Å². The maximum atomic E-state index is 13.4. The fourth-order valence-electron chi connectivity index (χ4n) is 3.57. The fraction of sp³-hybridized carbons (Fsp3) is 0.200. The minimum atomic E-state index is -0.188. The van der Waals surface area contributed by atoms with E-state index in [0.717, 1.165) is 5.56 Å². The van der Waals surface area contributed by atoms with E-state index in [2.05, 4.69) is 0 Å². The molecule has 4 rings (SSSR count). The fourth-order valence-corrected chi connectivity index (χ4v) is 3.57. The number of para-hydroxylation sites is 1. The SMILES string of the molecule is CCN(Cc1cccc2c1OCCO2)C(=O)c1ccccc1C(=O)c1ccccc1. The Morgan fingerprint density at radius 3 is 2.30 bits per heavy atom. The predicted molar refractivity (Wildman–Crippen MR) is 114 cm³/mol. The Labute approximate surface area is 175 Å². The highest BCUT2D eigenvalue weighted by molar-refractivity contribution is 6.15. The number of carbonyl (C=O) groups excluding carboxylic acids is 2. The van der Waals surface area contributed by atoms with Crippen molar-refractivity contribution in [1.29, 1.82) is 0 Å². The second-order valence-corrected chi connectivity index (χ2v) is 7.00. The minimum absolute atomic E-state index is 0.163. The summed E-state index contributed by atoms with van der Waals surface area (Å²) in [5.74, 6) is 1.03. The third kappa shape index (κ3) is 3.92. The van der Waals surface area contributed by atoms with Gasteiger partial charge in [-0.15, -0.1) is 0 Å². The van der Waals surface area contributed by atoms with Gasteiger partial charge in [-0.3, -0.25) is 9.59 Å². The van der Waals surface area contributed by atoms with Crippen LogP contribution in [-0.2, 0) is 6.54 Å². The van der Waals surface area contributed by atoms with Gasteiger partial charge in [-0.1, -0.05) is 60.7 Å². The van der Waals surface area contributed by atoms with Crippen LogP contribution in [0, 0.1) is 0 Å². The molecule has 152 valence electrons. The molecule has 0 spiro atoms. The van der Waals surface area contributed by atoms with E-state index in [1.54, 1.807) is 41.3 Å². The summed E-state index contributed by atoms with van der Waals surface area (Å²) >= 11 is 0. The van der Waals surface area contributed by atoms with E-state index in [1.165, 1.54) is 0 Å². The minimum Gasteiger partial charge on any atom is -0.486 e. The van der Waals surface area contributed by atoms with E-state index in [-0.39, 0.29) is 11.7 Å². The Balaban J connectivity index is 1.63. The van der Waals surface area contributed by atoms with Crippen molar-refractivity contribution in [1.82, 2.24) is 4.90 Å². The first-order valence-corrected chi connectivity index (χ1v) is 10.0. The van der Waals surface area contributed by atoms with Gasteiger partial charge in [0, 0.05) is 29.8 Å². The topological polar surface area (TPSA) is 55.8 Å². The van der Waals surface area contributed by atoms with Gasteiger partial charge in [0.05, 0.1) is 5.56 Å². The first-order valence-electron chi connectivity index (χ1n) is 10.0. The summed E-state index contributed by atoms with van der Waals surface area (Å²) in [5.41, 5.74) is 2.25. The molecule has 3 aromatic carbocycles. The highest BCUT2D eigenvalue weighted by atomic mass is 16.6. The maximum Gasteiger partial charge on any atom is 0.254 e. The third-order valence-corrected chi connectivity index (χ3v) is 5.12. The first kappa shape index (κ1) is 19.7. The summed E-state index contributed by atoms with van der Waals surface area (Å²) in [5, 5.41) is 0. The van der Waals surface area contributed by atoms with Crippen LogP contribution in [0.15, 0.2) is 72.8 Å². The number of nitrogens with zero attached hydrogens (tertiary/aromatic N) is 1. The van der Waals surface area contributed by atoms with Crippen molar-refractivity contribution >= 4 is 11.7 Å². The normalized spacial score (nSPS) is 12.3. The molecule has 0 atom stereocenters. The molecule has 1 heterocycles. The van der Waals surface area contributed by atoms with Crippen molar-refractivity contribution in [3.63, 3.8) is 0 Å². The van der Waals surface area contributed by atoms with Crippen molar-refractivity contribution in [3.8, 4) is 11.5 Å². The lowest BCUT2D eigenvalue weighted by Gasteiger charge is -2.26. The van der Waals surface area contributed by atoms with Crippen LogP contribution < -0.4 is 9.47 Å². The standard InChI is InChI=1S/C25H23NO4/c1-2-26(17-19-11-8-14-22-24(19)30-16-15-29-22)25(28)21-13-7-6-12-20(21)23(27)18-9-4-3-5-10-18/h3-14H,2,15-17H2,1H3. The molecule has 5 nitrogen and oxygen atoms in total. The lowest BCUT2D eigenvalue weighted by molar-refractivity contribution is 0.0745. The Hall–Kier alpha value is -3.60. The summed E-state index contributed by atoms with van der Waals surface area (Å²) in [4.78, 5) is 28.1. The molecule has 0 aromatic heterocycles. The largest absolute Gasteiger partial charge is 0.486 e. The molecule has 0 radical (unpaired) electrons. The predicted octanol–water partition coefficient (Wildman–Crippen LogP) is 4.35.